The van der Waals surface area contributed by atoms with Crippen LogP contribution in [0.25, 0.3) is 11.1 Å². The van der Waals surface area contributed by atoms with Crippen LogP contribution in [0.4, 0.5) is 9.18 Å². The molecule has 3 aromatic rings. The number of rotatable bonds is 5. The molecule has 1 amide bonds. The molecule has 2 atom stereocenters. The molecule has 1 aliphatic carbocycles. The van der Waals surface area contributed by atoms with Gasteiger partial charge in [0.05, 0.1) is 25.3 Å². The van der Waals surface area contributed by atoms with Crippen molar-refractivity contribution in [2.24, 2.45) is 5.92 Å². The Bertz CT molecular complexity index is 1300. The molecule has 2 aliphatic heterocycles. The van der Waals surface area contributed by atoms with Crippen molar-refractivity contribution in [3.8, 4) is 11.1 Å². The highest BCUT2D eigenvalue weighted by atomic mass is 19.1. The molecule has 5 nitrogen and oxygen atoms in total. The van der Waals surface area contributed by atoms with Crippen molar-refractivity contribution < 1.29 is 23.5 Å². The lowest BCUT2D eigenvalue weighted by atomic mass is 9.81. The second-order valence-electron chi connectivity index (χ2n) is 10.4. The third-order valence-corrected chi connectivity index (χ3v) is 8.19. The van der Waals surface area contributed by atoms with Gasteiger partial charge in [-0.2, -0.15) is 0 Å². The number of aryl methyl sites for hydroxylation is 1. The van der Waals surface area contributed by atoms with Crippen LogP contribution in [0.5, 0.6) is 0 Å². The molecule has 37 heavy (non-hydrogen) atoms. The maximum absolute atomic E-state index is 13.5. The summed E-state index contributed by atoms with van der Waals surface area (Å²) in [6, 6.07) is 20.8. The van der Waals surface area contributed by atoms with Gasteiger partial charge < -0.3 is 9.47 Å². The summed E-state index contributed by atoms with van der Waals surface area (Å²) in [4.78, 5) is 28.3. The van der Waals surface area contributed by atoms with E-state index in [-0.39, 0.29) is 54.6 Å². The van der Waals surface area contributed by atoms with Gasteiger partial charge in [0, 0.05) is 18.3 Å². The van der Waals surface area contributed by atoms with E-state index >= 15 is 0 Å². The van der Waals surface area contributed by atoms with Crippen molar-refractivity contribution >= 4 is 11.9 Å². The van der Waals surface area contributed by atoms with E-state index in [9.17, 15) is 14.0 Å². The Morgan fingerprint density at radius 3 is 2.19 bits per heavy atom. The number of fused-ring (bicyclic) bond motifs is 5. The molecule has 6 rings (SSSR count). The first-order valence-electron chi connectivity index (χ1n) is 13.0. The summed E-state index contributed by atoms with van der Waals surface area (Å²) in [5.74, 6) is -0.304. The lowest BCUT2D eigenvalue weighted by Gasteiger charge is -2.47. The third kappa shape index (κ3) is 4.44. The topological polar surface area (TPSA) is 55.8 Å². The SMILES string of the molecule is Cc1cc(F)ccc1CC(=O)C1CC2COCC(C1)N2C(=O)OCC1c2ccccc2-c2ccccc21. The summed E-state index contributed by atoms with van der Waals surface area (Å²) < 4.78 is 25.2. The number of halogens is 1. The minimum Gasteiger partial charge on any atom is -0.448 e. The van der Waals surface area contributed by atoms with Crippen LogP contribution < -0.4 is 0 Å². The number of benzene rings is 3. The molecule has 2 fully saturated rings. The number of Topliss-reactive ketones (excluding diaryl/α,β-unsaturated/α-hetero) is 1. The standard InChI is InChI=1S/C31H30FNO4/c1-19-12-22(32)11-10-20(19)15-30(34)21-13-23-16-36-17-24(14-21)33(23)31(35)37-18-29-27-8-4-2-6-25(27)26-7-3-5-9-28(26)29/h2-12,21,23-24,29H,13-18H2,1H3. The summed E-state index contributed by atoms with van der Waals surface area (Å²) in [6.07, 6.45) is 1.06. The molecule has 3 aromatic carbocycles. The zero-order valence-electron chi connectivity index (χ0n) is 20.9. The van der Waals surface area contributed by atoms with E-state index in [1.165, 1.54) is 34.4 Å². The smallest absolute Gasteiger partial charge is 0.410 e. The fourth-order valence-corrected chi connectivity index (χ4v) is 6.33. The highest BCUT2D eigenvalue weighted by Gasteiger charge is 2.44. The van der Waals surface area contributed by atoms with Gasteiger partial charge in [-0.15, -0.1) is 0 Å². The highest BCUT2D eigenvalue weighted by Crippen LogP contribution is 2.44. The minimum absolute atomic E-state index is 0.00510. The van der Waals surface area contributed by atoms with Crippen molar-refractivity contribution in [1.29, 1.82) is 0 Å². The van der Waals surface area contributed by atoms with Crippen LogP contribution in [0.1, 0.15) is 41.0 Å². The monoisotopic (exact) mass is 499 g/mol. The minimum atomic E-state index is -0.333. The summed E-state index contributed by atoms with van der Waals surface area (Å²) in [5, 5.41) is 0. The zero-order chi connectivity index (χ0) is 25.5. The number of piperidine rings is 1. The van der Waals surface area contributed by atoms with Gasteiger partial charge in [0.25, 0.3) is 0 Å². The van der Waals surface area contributed by atoms with Gasteiger partial charge in [-0.25, -0.2) is 9.18 Å². The van der Waals surface area contributed by atoms with E-state index in [1.807, 2.05) is 36.1 Å². The van der Waals surface area contributed by atoms with Gasteiger partial charge in [0.2, 0.25) is 0 Å². The van der Waals surface area contributed by atoms with E-state index < -0.39 is 0 Å². The number of ketones is 1. The Balaban J connectivity index is 1.13. The number of hydrogen-bond donors (Lipinski definition) is 0. The van der Waals surface area contributed by atoms with Crippen molar-refractivity contribution in [3.63, 3.8) is 0 Å². The molecule has 190 valence electrons. The zero-order valence-corrected chi connectivity index (χ0v) is 20.9. The number of morpholine rings is 1. The second kappa shape index (κ2) is 9.75. The van der Waals surface area contributed by atoms with Crippen LogP contribution in [-0.2, 0) is 20.7 Å². The maximum Gasteiger partial charge on any atom is 0.410 e. The van der Waals surface area contributed by atoms with E-state index in [1.54, 1.807) is 6.07 Å². The van der Waals surface area contributed by atoms with Crippen LogP contribution in [0.15, 0.2) is 66.7 Å². The summed E-state index contributed by atoms with van der Waals surface area (Å²) >= 11 is 0. The number of carbonyl (C=O) groups excluding carboxylic acids is 2. The molecule has 0 aromatic heterocycles. The molecular weight excluding hydrogens is 469 g/mol. The van der Waals surface area contributed by atoms with Gasteiger partial charge in [0.1, 0.15) is 18.2 Å². The van der Waals surface area contributed by atoms with Crippen LogP contribution in [0.3, 0.4) is 0 Å². The van der Waals surface area contributed by atoms with Crippen molar-refractivity contribution in [2.45, 2.75) is 44.2 Å². The quantitative estimate of drug-likeness (QED) is 0.454. The maximum atomic E-state index is 13.5. The Morgan fingerprint density at radius 2 is 1.57 bits per heavy atom. The van der Waals surface area contributed by atoms with E-state index in [0.717, 1.165) is 11.1 Å². The largest absolute Gasteiger partial charge is 0.448 e. The number of amides is 1. The van der Waals surface area contributed by atoms with Crippen LogP contribution >= 0.6 is 0 Å². The first kappa shape index (κ1) is 23.9. The first-order valence-corrected chi connectivity index (χ1v) is 13.0. The van der Waals surface area contributed by atoms with Gasteiger partial charge in [-0.1, -0.05) is 54.6 Å². The van der Waals surface area contributed by atoms with Gasteiger partial charge in [-0.3, -0.25) is 9.69 Å². The highest BCUT2D eigenvalue weighted by molar-refractivity contribution is 5.84. The third-order valence-electron chi connectivity index (χ3n) is 8.19. The molecule has 2 saturated heterocycles. The van der Waals surface area contributed by atoms with E-state index in [0.29, 0.717) is 26.1 Å². The normalized spacial score (nSPS) is 22.3. The molecule has 2 heterocycles. The van der Waals surface area contributed by atoms with Crippen molar-refractivity contribution in [1.82, 2.24) is 4.90 Å². The lowest BCUT2D eigenvalue weighted by Crippen LogP contribution is -2.60. The first-order chi connectivity index (χ1) is 18.0. The fraction of sp³-hybridized carbons (Fsp3) is 0.355. The molecule has 6 heteroatoms. The molecular formula is C31H30FNO4. The molecule has 3 aliphatic rings. The van der Waals surface area contributed by atoms with Crippen molar-refractivity contribution in [2.75, 3.05) is 19.8 Å². The van der Waals surface area contributed by atoms with Crippen LogP contribution in [-0.4, -0.2) is 48.7 Å². The number of carbonyl (C=O) groups is 2. The molecule has 0 saturated carbocycles. The summed E-state index contributed by atoms with van der Waals surface area (Å²) in [7, 11) is 0. The Kier molecular flexibility index (Phi) is 6.29. The second-order valence-corrected chi connectivity index (χ2v) is 10.4. The summed E-state index contributed by atoms with van der Waals surface area (Å²) in [6.45, 7) is 2.91. The van der Waals surface area contributed by atoms with Crippen molar-refractivity contribution in [3.05, 3.63) is 94.8 Å². The summed E-state index contributed by atoms with van der Waals surface area (Å²) in [5.41, 5.74) is 6.39. The van der Waals surface area contributed by atoms with Crippen LogP contribution in [0, 0.1) is 18.7 Å². The number of nitrogens with zero attached hydrogens (tertiary/aromatic N) is 1. The van der Waals surface area contributed by atoms with Gasteiger partial charge in [0.15, 0.2) is 0 Å². The number of hydrogen-bond acceptors (Lipinski definition) is 4. The molecule has 0 radical (unpaired) electrons. The molecule has 2 unspecified atom stereocenters. The van der Waals surface area contributed by atoms with E-state index in [2.05, 4.69) is 24.3 Å². The van der Waals surface area contributed by atoms with Gasteiger partial charge >= 0.3 is 6.09 Å². The molecule has 0 spiro atoms. The van der Waals surface area contributed by atoms with Gasteiger partial charge in [-0.05, 0) is 65.3 Å². The fourth-order valence-electron chi connectivity index (χ4n) is 6.33. The Morgan fingerprint density at radius 1 is 0.946 bits per heavy atom. The van der Waals surface area contributed by atoms with E-state index in [4.69, 9.17) is 9.47 Å². The average molecular weight is 500 g/mol. The Hall–Kier alpha value is -3.51. The molecule has 0 N–H and O–H groups in total. The van der Waals surface area contributed by atoms with Crippen LogP contribution in [0.2, 0.25) is 0 Å². The predicted molar refractivity (Wildman–Crippen MR) is 138 cm³/mol. The average Bonchev–Trinajstić information content (AvgIpc) is 3.21. The lowest BCUT2D eigenvalue weighted by molar-refractivity contribution is -0.130. The Labute approximate surface area is 216 Å². The molecule has 2 bridgehead atoms. The number of ether oxygens (including phenoxy) is 2. The predicted octanol–water partition coefficient (Wildman–Crippen LogP) is 5.67.